The molecule has 0 aromatic heterocycles. The molecule has 1 aliphatic rings. The van der Waals surface area contributed by atoms with Crippen LogP contribution in [0.2, 0.25) is 0 Å². The first kappa shape index (κ1) is 21.4. The van der Waals surface area contributed by atoms with Crippen molar-refractivity contribution in [2.24, 2.45) is 0 Å². The number of benzene rings is 1. The lowest BCUT2D eigenvalue weighted by atomic mass is 10.1. The molecule has 1 heterocycles. The lowest BCUT2D eigenvalue weighted by Crippen LogP contribution is -2.29. The van der Waals surface area contributed by atoms with Crippen LogP contribution in [0, 0.1) is 0 Å². The monoisotopic (exact) mass is 407 g/mol. The third-order valence-electron chi connectivity index (χ3n) is 4.11. The summed E-state index contributed by atoms with van der Waals surface area (Å²) in [5.74, 6) is -0.292. The lowest BCUT2D eigenvalue weighted by Gasteiger charge is -2.13. The van der Waals surface area contributed by atoms with Crippen molar-refractivity contribution < 1.29 is 19.4 Å². The molecule has 146 valence electrons. The van der Waals surface area contributed by atoms with E-state index >= 15 is 0 Å². The number of para-hydroxylation sites is 1. The molecule has 1 aromatic rings. The zero-order valence-electron chi connectivity index (χ0n) is 15.5. The van der Waals surface area contributed by atoms with E-state index in [1.165, 1.54) is 29.5 Å². The van der Waals surface area contributed by atoms with Crippen LogP contribution in [0.5, 0.6) is 5.75 Å². The molecule has 0 unspecified atom stereocenters. The highest BCUT2D eigenvalue weighted by atomic mass is 32.2. The zero-order chi connectivity index (χ0) is 19.6. The van der Waals surface area contributed by atoms with Crippen molar-refractivity contribution in [1.29, 1.82) is 0 Å². The summed E-state index contributed by atoms with van der Waals surface area (Å²) >= 11 is 6.53. The summed E-state index contributed by atoms with van der Waals surface area (Å²) in [5.41, 5.74) is 0.846. The summed E-state index contributed by atoms with van der Waals surface area (Å²) in [7, 11) is 0. The number of aliphatic carboxylic acids is 1. The predicted octanol–water partition coefficient (Wildman–Crippen LogP) is 4.71. The quantitative estimate of drug-likeness (QED) is 0.325. The van der Waals surface area contributed by atoms with E-state index < -0.39 is 5.97 Å². The fourth-order valence-corrected chi connectivity index (χ4v) is 3.96. The maximum atomic E-state index is 12.6. The molecule has 0 radical (unpaired) electrons. The minimum absolute atomic E-state index is 0.0187. The van der Waals surface area contributed by atoms with Crippen LogP contribution in [0.15, 0.2) is 29.2 Å². The highest BCUT2D eigenvalue weighted by molar-refractivity contribution is 8.26. The molecule has 2 rings (SSSR count). The van der Waals surface area contributed by atoms with Gasteiger partial charge >= 0.3 is 5.97 Å². The third-order valence-corrected chi connectivity index (χ3v) is 5.48. The van der Waals surface area contributed by atoms with Gasteiger partial charge in [0.25, 0.3) is 5.91 Å². The minimum Gasteiger partial charge on any atom is -0.493 e. The largest absolute Gasteiger partial charge is 0.493 e. The number of carbonyl (C=O) groups is 2. The Hall–Kier alpha value is -1.86. The molecule has 0 saturated carbocycles. The maximum Gasteiger partial charge on any atom is 0.303 e. The number of amides is 1. The van der Waals surface area contributed by atoms with E-state index in [0.29, 0.717) is 28.8 Å². The molecule has 1 fully saturated rings. The average Bonchev–Trinajstić information content (AvgIpc) is 2.90. The topological polar surface area (TPSA) is 66.8 Å². The number of carboxylic acid groups (broad SMARTS) is 1. The van der Waals surface area contributed by atoms with Gasteiger partial charge in [-0.2, -0.15) is 0 Å². The Morgan fingerprint density at radius 1 is 1.26 bits per heavy atom. The summed E-state index contributed by atoms with van der Waals surface area (Å²) < 4.78 is 6.36. The Labute approximate surface area is 169 Å². The van der Waals surface area contributed by atoms with Gasteiger partial charge in [0.15, 0.2) is 0 Å². The van der Waals surface area contributed by atoms with Crippen molar-refractivity contribution in [1.82, 2.24) is 4.90 Å². The standard InChI is InChI=1S/C20H25NO4S2/c1-2-3-4-7-13-25-16-10-6-5-9-15(16)14-17-19(24)21(20(26)27-17)12-8-11-18(22)23/h5-6,9-10,14H,2-4,7-8,11-13H2,1H3,(H,22,23). The van der Waals surface area contributed by atoms with Crippen LogP contribution >= 0.6 is 24.0 Å². The van der Waals surface area contributed by atoms with E-state index in [2.05, 4.69) is 6.92 Å². The van der Waals surface area contributed by atoms with Crippen molar-refractivity contribution >= 4 is 46.3 Å². The van der Waals surface area contributed by atoms with Crippen LogP contribution in [0.4, 0.5) is 0 Å². The van der Waals surface area contributed by atoms with Crippen LogP contribution in [-0.4, -0.2) is 39.4 Å². The Kier molecular flexibility index (Phi) is 8.81. The van der Waals surface area contributed by atoms with Gasteiger partial charge in [-0.3, -0.25) is 14.5 Å². The van der Waals surface area contributed by atoms with Crippen LogP contribution in [-0.2, 0) is 9.59 Å². The molecular weight excluding hydrogens is 382 g/mol. The second-order valence-electron chi connectivity index (χ2n) is 6.28. The number of thiocarbonyl (C=S) groups is 1. The summed E-state index contributed by atoms with van der Waals surface area (Å²) in [6.07, 6.45) is 6.75. The smallest absolute Gasteiger partial charge is 0.303 e. The summed E-state index contributed by atoms with van der Waals surface area (Å²) in [6.45, 7) is 3.15. The van der Waals surface area contributed by atoms with Gasteiger partial charge in [-0.25, -0.2) is 0 Å². The number of nitrogens with zero attached hydrogens (tertiary/aromatic N) is 1. The summed E-state index contributed by atoms with van der Waals surface area (Å²) in [6, 6.07) is 7.64. The average molecular weight is 408 g/mol. The van der Waals surface area contributed by atoms with E-state index in [1.807, 2.05) is 24.3 Å². The molecule has 0 spiro atoms. The van der Waals surface area contributed by atoms with Gasteiger partial charge in [0.1, 0.15) is 10.1 Å². The van der Waals surface area contributed by atoms with Crippen molar-refractivity contribution in [3.8, 4) is 5.75 Å². The molecule has 1 aliphatic heterocycles. The van der Waals surface area contributed by atoms with Crippen LogP contribution in [0.25, 0.3) is 6.08 Å². The van der Waals surface area contributed by atoms with E-state index in [0.717, 1.165) is 24.2 Å². The maximum absolute atomic E-state index is 12.6. The third kappa shape index (κ3) is 6.66. The Morgan fingerprint density at radius 2 is 2.04 bits per heavy atom. The highest BCUT2D eigenvalue weighted by Crippen LogP contribution is 2.34. The summed E-state index contributed by atoms with van der Waals surface area (Å²) in [4.78, 5) is 25.3. The SMILES string of the molecule is CCCCCCOc1ccccc1C=C1SC(=S)N(CCCC(=O)O)C1=O. The zero-order valence-corrected chi connectivity index (χ0v) is 17.1. The molecule has 7 heteroatoms. The van der Waals surface area contributed by atoms with Gasteiger partial charge in [-0.05, 0) is 25.0 Å². The van der Waals surface area contributed by atoms with Gasteiger partial charge in [0.05, 0.1) is 11.5 Å². The number of rotatable bonds is 11. The minimum atomic E-state index is -0.874. The summed E-state index contributed by atoms with van der Waals surface area (Å²) in [5, 5.41) is 8.75. The highest BCUT2D eigenvalue weighted by Gasteiger charge is 2.31. The Morgan fingerprint density at radius 3 is 2.78 bits per heavy atom. The number of ether oxygens (including phenoxy) is 1. The van der Waals surface area contributed by atoms with Crippen molar-refractivity contribution in [2.75, 3.05) is 13.2 Å². The molecule has 0 bridgehead atoms. The first-order chi connectivity index (χ1) is 13.0. The second-order valence-corrected chi connectivity index (χ2v) is 7.95. The fourth-order valence-electron chi connectivity index (χ4n) is 2.66. The number of hydrogen-bond acceptors (Lipinski definition) is 5. The molecule has 1 saturated heterocycles. The van der Waals surface area contributed by atoms with Crippen molar-refractivity contribution in [3.05, 3.63) is 34.7 Å². The van der Waals surface area contributed by atoms with Crippen LogP contribution < -0.4 is 4.74 Å². The van der Waals surface area contributed by atoms with Crippen molar-refractivity contribution in [3.63, 3.8) is 0 Å². The normalized spacial score (nSPS) is 15.6. The number of hydrogen-bond donors (Lipinski definition) is 1. The van der Waals surface area contributed by atoms with Gasteiger partial charge in [0, 0.05) is 18.5 Å². The molecule has 1 N–H and O–H groups in total. The van der Waals surface area contributed by atoms with Gasteiger partial charge in [-0.15, -0.1) is 0 Å². The molecular formula is C20H25NO4S2. The predicted molar refractivity (Wildman–Crippen MR) is 113 cm³/mol. The van der Waals surface area contributed by atoms with Gasteiger partial charge in [-0.1, -0.05) is 68.4 Å². The second kappa shape index (κ2) is 11.1. The lowest BCUT2D eigenvalue weighted by molar-refractivity contribution is -0.137. The number of unbranched alkanes of at least 4 members (excludes halogenated alkanes) is 3. The molecule has 1 amide bonds. The molecule has 0 atom stereocenters. The van der Waals surface area contributed by atoms with E-state index in [-0.39, 0.29) is 12.3 Å². The molecule has 5 nitrogen and oxygen atoms in total. The first-order valence-electron chi connectivity index (χ1n) is 9.22. The van der Waals surface area contributed by atoms with E-state index in [9.17, 15) is 9.59 Å². The number of carboxylic acids is 1. The fraction of sp³-hybridized carbons (Fsp3) is 0.450. The first-order valence-corrected chi connectivity index (χ1v) is 10.4. The van der Waals surface area contributed by atoms with Gasteiger partial charge in [0.2, 0.25) is 0 Å². The number of carbonyl (C=O) groups excluding carboxylic acids is 1. The Bertz CT molecular complexity index is 718. The van der Waals surface area contributed by atoms with Crippen LogP contribution in [0.1, 0.15) is 51.0 Å². The van der Waals surface area contributed by atoms with Crippen LogP contribution in [0.3, 0.4) is 0 Å². The Balaban J connectivity index is 2.02. The van der Waals surface area contributed by atoms with E-state index in [4.69, 9.17) is 22.1 Å². The molecule has 1 aromatic carbocycles. The van der Waals surface area contributed by atoms with E-state index in [1.54, 1.807) is 6.08 Å². The van der Waals surface area contributed by atoms with Gasteiger partial charge < -0.3 is 9.84 Å². The molecule has 27 heavy (non-hydrogen) atoms. The van der Waals surface area contributed by atoms with Crippen molar-refractivity contribution in [2.45, 2.75) is 45.4 Å². The molecule has 0 aliphatic carbocycles. The number of thioether (sulfide) groups is 1.